The second kappa shape index (κ2) is 4.19. The molecule has 0 N–H and O–H groups in total. The summed E-state index contributed by atoms with van der Waals surface area (Å²) >= 11 is 0. The van der Waals surface area contributed by atoms with Crippen molar-refractivity contribution in [1.29, 1.82) is 0 Å². The molecule has 0 aromatic rings. The summed E-state index contributed by atoms with van der Waals surface area (Å²) < 4.78 is 11.7. The zero-order chi connectivity index (χ0) is 10.8. The molecule has 1 rings (SSSR count). The normalized spacial score (nSPS) is 27.2. The lowest BCUT2D eigenvalue weighted by molar-refractivity contribution is -0.295. The Hall–Kier alpha value is -0.0800. The fourth-order valence-electron chi connectivity index (χ4n) is 1.67. The molecule has 0 aliphatic carbocycles. The molecular formula is C12H24O2. The summed E-state index contributed by atoms with van der Waals surface area (Å²) in [6, 6.07) is 0. The van der Waals surface area contributed by atoms with Gasteiger partial charge in [-0.2, -0.15) is 0 Å². The second-order valence-electron chi connectivity index (χ2n) is 5.59. The van der Waals surface area contributed by atoms with E-state index in [4.69, 9.17) is 9.47 Å². The molecule has 84 valence electrons. The van der Waals surface area contributed by atoms with Gasteiger partial charge in [0.2, 0.25) is 0 Å². The summed E-state index contributed by atoms with van der Waals surface area (Å²) in [5.74, 6) is 0.325. The van der Waals surface area contributed by atoms with Crippen molar-refractivity contribution in [3.05, 3.63) is 0 Å². The van der Waals surface area contributed by atoms with Crippen molar-refractivity contribution in [2.75, 3.05) is 13.2 Å². The van der Waals surface area contributed by atoms with Crippen LogP contribution < -0.4 is 0 Å². The first kappa shape index (κ1) is 12.0. The van der Waals surface area contributed by atoms with Gasteiger partial charge < -0.3 is 9.47 Å². The van der Waals surface area contributed by atoms with Crippen LogP contribution in [-0.2, 0) is 9.47 Å². The molecule has 0 spiro atoms. The SMILES string of the molecule is CCC(C)CC1(C)OCC(C)(C)CO1. The number of hydrogen-bond donors (Lipinski definition) is 0. The van der Waals surface area contributed by atoms with Crippen molar-refractivity contribution in [3.63, 3.8) is 0 Å². The minimum Gasteiger partial charge on any atom is -0.350 e. The highest BCUT2D eigenvalue weighted by Crippen LogP contribution is 2.33. The Morgan fingerprint density at radius 1 is 1.14 bits per heavy atom. The smallest absolute Gasteiger partial charge is 0.165 e. The van der Waals surface area contributed by atoms with Gasteiger partial charge in [0.05, 0.1) is 13.2 Å². The van der Waals surface area contributed by atoms with Crippen molar-refractivity contribution in [2.24, 2.45) is 11.3 Å². The maximum atomic E-state index is 5.83. The van der Waals surface area contributed by atoms with Crippen LogP contribution in [0.5, 0.6) is 0 Å². The van der Waals surface area contributed by atoms with Crippen LogP contribution in [0.3, 0.4) is 0 Å². The van der Waals surface area contributed by atoms with Crippen molar-refractivity contribution in [3.8, 4) is 0 Å². The van der Waals surface area contributed by atoms with Gasteiger partial charge in [-0.05, 0) is 12.8 Å². The molecule has 1 aliphatic heterocycles. The predicted octanol–water partition coefficient (Wildman–Crippen LogP) is 3.21. The molecule has 2 heteroatoms. The van der Waals surface area contributed by atoms with Crippen LogP contribution >= 0.6 is 0 Å². The van der Waals surface area contributed by atoms with Crippen LogP contribution in [0.15, 0.2) is 0 Å². The summed E-state index contributed by atoms with van der Waals surface area (Å²) in [7, 11) is 0. The van der Waals surface area contributed by atoms with E-state index in [9.17, 15) is 0 Å². The summed E-state index contributed by atoms with van der Waals surface area (Å²) in [4.78, 5) is 0. The zero-order valence-corrected chi connectivity index (χ0v) is 10.2. The molecule has 0 bridgehead atoms. The summed E-state index contributed by atoms with van der Waals surface area (Å²) in [5.41, 5.74) is 0.176. The van der Waals surface area contributed by atoms with Crippen LogP contribution in [0, 0.1) is 11.3 Å². The van der Waals surface area contributed by atoms with Crippen LogP contribution in [0.1, 0.15) is 47.5 Å². The largest absolute Gasteiger partial charge is 0.350 e. The van der Waals surface area contributed by atoms with E-state index in [1.807, 2.05) is 0 Å². The van der Waals surface area contributed by atoms with Gasteiger partial charge >= 0.3 is 0 Å². The second-order valence-corrected chi connectivity index (χ2v) is 5.59. The number of ether oxygens (including phenoxy) is 2. The summed E-state index contributed by atoms with van der Waals surface area (Å²) in [6.07, 6.45) is 2.19. The minimum atomic E-state index is -0.342. The molecule has 2 nitrogen and oxygen atoms in total. The Morgan fingerprint density at radius 2 is 1.64 bits per heavy atom. The van der Waals surface area contributed by atoms with Gasteiger partial charge in [-0.3, -0.25) is 0 Å². The average Bonchev–Trinajstić information content (AvgIpc) is 2.11. The molecule has 0 aromatic carbocycles. The molecular weight excluding hydrogens is 176 g/mol. The van der Waals surface area contributed by atoms with Crippen molar-refractivity contribution >= 4 is 0 Å². The van der Waals surface area contributed by atoms with Gasteiger partial charge in [-0.1, -0.05) is 34.1 Å². The van der Waals surface area contributed by atoms with E-state index < -0.39 is 0 Å². The monoisotopic (exact) mass is 200 g/mol. The highest BCUT2D eigenvalue weighted by atomic mass is 16.7. The maximum absolute atomic E-state index is 5.83. The molecule has 1 aliphatic rings. The first-order valence-corrected chi connectivity index (χ1v) is 5.65. The van der Waals surface area contributed by atoms with Gasteiger partial charge in [0.15, 0.2) is 5.79 Å². The van der Waals surface area contributed by atoms with E-state index in [-0.39, 0.29) is 11.2 Å². The molecule has 1 atom stereocenters. The van der Waals surface area contributed by atoms with E-state index >= 15 is 0 Å². The third-order valence-corrected chi connectivity index (χ3v) is 2.95. The molecule has 0 saturated carbocycles. The van der Waals surface area contributed by atoms with E-state index in [0.29, 0.717) is 5.92 Å². The molecule has 0 radical (unpaired) electrons. The first-order valence-electron chi connectivity index (χ1n) is 5.65. The van der Waals surface area contributed by atoms with Crippen LogP contribution in [-0.4, -0.2) is 19.0 Å². The van der Waals surface area contributed by atoms with E-state index in [1.54, 1.807) is 0 Å². The Bertz CT molecular complexity index is 177. The van der Waals surface area contributed by atoms with Crippen molar-refractivity contribution in [1.82, 2.24) is 0 Å². The molecule has 1 unspecified atom stereocenters. The Balaban J connectivity index is 2.45. The van der Waals surface area contributed by atoms with Crippen molar-refractivity contribution < 1.29 is 9.47 Å². The quantitative estimate of drug-likeness (QED) is 0.696. The molecule has 1 fully saturated rings. The number of rotatable bonds is 3. The summed E-state index contributed by atoms with van der Waals surface area (Å²) in [6.45, 7) is 12.5. The molecule has 1 saturated heterocycles. The number of hydrogen-bond acceptors (Lipinski definition) is 2. The Morgan fingerprint density at radius 3 is 2.07 bits per heavy atom. The highest BCUT2D eigenvalue weighted by molar-refractivity contribution is 4.78. The van der Waals surface area contributed by atoms with Gasteiger partial charge in [-0.15, -0.1) is 0 Å². The topological polar surface area (TPSA) is 18.5 Å². The maximum Gasteiger partial charge on any atom is 0.165 e. The lowest BCUT2D eigenvalue weighted by Crippen LogP contribution is -2.46. The van der Waals surface area contributed by atoms with Gasteiger partial charge in [0.25, 0.3) is 0 Å². The van der Waals surface area contributed by atoms with Gasteiger partial charge in [0, 0.05) is 11.8 Å². The van der Waals surface area contributed by atoms with E-state index in [2.05, 4.69) is 34.6 Å². The molecule has 0 aromatic heterocycles. The lowest BCUT2D eigenvalue weighted by atomic mass is 9.92. The van der Waals surface area contributed by atoms with Crippen LogP contribution in [0.25, 0.3) is 0 Å². The fraction of sp³-hybridized carbons (Fsp3) is 1.00. The van der Waals surface area contributed by atoms with Crippen LogP contribution in [0.2, 0.25) is 0 Å². The first-order chi connectivity index (χ1) is 6.37. The van der Waals surface area contributed by atoms with Crippen molar-refractivity contribution in [2.45, 2.75) is 53.2 Å². The predicted molar refractivity (Wildman–Crippen MR) is 58.2 cm³/mol. The third-order valence-electron chi connectivity index (χ3n) is 2.95. The third kappa shape index (κ3) is 3.25. The average molecular weight is 200 g/mol. The lowest BCUT2D eigenvalue weighted by Gasteiger charge is -2.42. The van der Waals surface area contributed by atoms with Crippen LogP contribution in [0.4, 0.5) is 0 Å². The Labute approximate surface area is 88.0 Å². The van der Waals surface area contributed by atoms with E-state index in [0.717, 1.165) is 19.6 Å². The summed E-state index contributed by atoms with van der Waals surface area (Å²) in [5, 5.41) is 0. The zero-order valence-electron chi connectivity index (χ0n) is 10.2. The minimum absolute atomic E-state index is 0.176. The molecule has 1 heterocycles. The fourth-order valence-corrected chi connectivity index (χ4v) is 1.67. The molecule has 14 heavy (non-hydrogen) atoms. The van der Waals surface area contributed by atoms with Gasteiger partial charge in [0.1, 0.15) is 0 Å². The highest BCUT2D eigenvalue weighted by Gasteiger charge is 2.37. The van der Waals surface area contributed by atoms with E-state index in [1.165, 1.54) is 6.42 Å². The van der Waals surface area contributed by atoms with Gasteiger partial charge in [-0.25, -0.2) is 0 Å². The Kier molecular flexibility index (Phi) is 3.59. The standard InChI is InChI=1S/C12H24O2/c1-6-10(2)7-12(5)13-8-11(3,4)9-14-12/h10H,6-9H2,1-5H3. The molecule has 0 amide bonds.